The third kappa shape index (κ3) is 4.62. The fourth-order valence-corrected chi connectivity index (χ4v) is 8.76. The van der Waals surface area contributed by atoms with Gasteiger partial charge in [-0.1, -0.05) is 94.8 Å². The van der Waals surface area contributed by atoms with Crippen molar-refractivity contribution in [1.29, 1.82) is 0 Å². The maximum absolute atomic E-state index is 15.2. The number of aromatic nitrogens is 2. The minimum absolute atomic E-state index is 0.0280. The second kappa shape index (κ2) is 11.6. The number of carbonyl (C=O) groups is 2. The Morgan fingerprint density at radius 3 is 2.42 bits per heavy atom. The molecule has 1 spiro atoms. The molecule has 4 aromatic carbocycles. The van der Waals surface area contributed by atoms with Gasteiger partial charge in [-0.05, 0) is 72.5 Å². The summed E-state index contributed by atoms with van der Waals surface area (Å²) in [7, 11) is 0. The van der Waals surface area contributed by atoms with Crippen LogP contribution < -0.4 is 15.2 Å². The number of hydrogen-bond donors (Lipinski definition) is 0. The molecule has 48 heavy (non-hydrogen) atoms. The molecular formula is C36H24Cl2N4O4S2. The van der Waals surface area contributed by atoms with Crippen LogP contribution in [0, 0.1) is 13.8 Å². The third-order valence-corrected chi connectivity index (χ3v) is 11.6. The fourth-order valence-electron chi connectivity index (χ4n) is 6.45. The molecule has 1 atom stereocenters. The van der Waals surface area contributed by atoms with Crippen molar-refractivity contribution in [1.82, 2.24) is 10.2 Å². The van der Waals surface area contributed by atoms with Gasteiger partial charge in [-0.2, -0.15) is 0 Å². The molecule has 2 aliphatic rings. The second-order valence-corrected chi connectivity index (χ2v) is 14.7. The molecule has 0 N–H and O–H groups in total. The highest BCUT2D eigenvalue weighted by molar-refractivity contribution is 8.00. The normalized spacial score (nSPS) is 16.8. The first-order valence-electron chi connectivity index (χ1n) is 15.0. The smallest absolute Gasteiger partial charge is 0.297 e. The van der Waals surface area contributed by atoms with E-state index in [4.69, 9.17) is 27.6 Å². The summed E-state index contributed by atoms with van der Waals surface area (Å²) >= 11 is 15.1. The Morgan fingerprint density at radius 2 is 1.62 bits per heavy atom. The molecule has 6 aromatic rings. The highest BCUT2D eigenvalue weighted by Crippen LogP contribution is 2.55. The quantitative estimate of drug-likeness (QED) is 0.127. The minimum atomic E-state index is -1.88. The zero-order valence-corrected chi connectivity index (χ0v) is 28.6. The van der Waals surface area contributed by atoms with Crippen molar-refractivity contribution in [2.24, 2.45) is 0 Å². The van der Waals surface area contributed by atoms with Gasteiger partial charge in [0.1, 0.15) is 5.58 Å². The van der Waals surface area contributed by atoms with E-state index < -0.39 is 22.8 Å². The first-order chi connectivity index (χ1) is 23.2. The maximum Gasteiger partial charge on any atom is 0.297 e. The Labute approximate surface area is 292 Å². The first kappa shape index (κ1) is 30.8. The van der Waals surface area contributed by atoms with Crippen LogP contribution in [-0.2, 0) is 22.6 Å². The Balaban J connectivity index is 1.33. The van der Waals surface area contributed by atoms with E-state index in [1.165, 1.54) is 16.7 Å². The van der Waals surface area contributed by atoms with Crippen molar-refractivity contribution < 1.29 is 14.0 Å². The van der Waals surface area contributed by atoms with Crippen LogP contribution in [0.25, 0.3) is 11.0 Å². The van der Waals surface area contributed by atoms with Crippen LogP contribution in [0.4, 0.5) is 10.8 Å². The molecule has 0 aliphatic carbocycles. The van der Waals surface area contributed by atoms with Crippen molar-refractivity contribution in [3.8, 4) is 0 Å². The number of fused-ring (bicyclic) bond motifs is 5. The largest absolute Gasteiger partial charge is 0.450 e. The molecular weight excluding hydrogens is 687 g/mol. The topological polar surface area (TPSA) is 96.6 Å². The van der Waals surface area contributed by atoms with E-state index >= 15 is 4.79 Å². The third-order valence-electron chi connectivity index (χ3n) is 8.89. The number of rotatable bonds is 6. The number of amides is 2. The summed E-state index contributed by atoms with van der Waals surface area (Å²) in [6.45, 7) is 3.99. The summed E-state index contributed by atoms with van der Waals surface area (Å²) in [6.07, 6.45) is 0. The van der Waals surface area contributed by atoms with Gasteiger partial charge in [0.2, 0.25) is 10.9 Å². The van der Waals surface area contributed by atoms with Crippen LogP contribution in [0.1, 0.15) is 43.9 Å². The summed E-state index contributed by atoms with van der Waals surface area (Å²) < 4.78 is 6.85. The molecule has 2 aromatic heterocycles. The number of thioether (sulfide) groups is 1. The molecule has 238 valence electrons. The van der Waals surface area contributed by atoms with E-state index in [-0.39, 0.29) is 28.6 Å². The minimum Gasteiger partial charge on any atom is -0.450 e. The van der Waals surface area contributed by atoms with Gasteiger partial charge >= 0.3 is 0 Å². The van der Waals surface area contributed by atoms with Crippen molar-refractivity contribution in [2.75, 3.05) is 9.80 Å². The second-order valence-electron chi connectivity index (χ2n) is 11.7. The lowest BCUT2D eigenvalue weighted by molar-refractivity contribution is -0.121. The molecule has 8 nitrogen and oxygen atoms in total. The predicted molar refractivity (Wildman–Crippen MR) is 190 cm³/mol. The lowest BCUT2D eigenvalue weighted by Crippen LogP contribution is -2.53. The van der Waals surface area contributed by atoms with E-state index in [1.54, 1.807) is 41.3 Å². The Morgan fingerprint density at radius 1 is 0.896 bits per heavy atom. The van der Waals surface area contributed by atoms with Gasteiger partial charge in [0.25, 0.3) is 11.8 Å². The van der Waals surface area contributed by atoms with E-state index in [0.29, 0.717) is 36.8 Å². The number of nitrogens with zero attached hydrogens (tertiary/aromatic N) is 4. The number of hydrogen-bond acceptors (Lipinski definition) is 8. The molecule has 0 bridgehead atoms. The highest BCUT2D eigenvalue weighted by Gasteiger charge is 2.66. The highest BCUT2D eigenvalue weighted by atomic mass is 35.5. The van der Waals surface area contributed by atoms with Gasteiger partial charge < -0.3 is 9.32 Å². The van der Waals surface area contributed by atoms with Gasteiger partial charge in [0, 0.05) is 21.4 Å². The van der Waals surface area contributed by atoms with Crippen LogP contribution in [-0.4, -0.2) is 22.0 Å². The molecule has 8 rings (SSSR count). The summed E-state index contributed by atoms with van der Waals surface area (Å²) in [5, 5.41) is 10.5. The summed E-state index contributed by atoms with van der Waals surface area (Å²) in [4.78, 5) is 47.4. The fraction of sp³-hybridized carbons (Fsp3) is 0.139. The number of para-hydroxylation sites is 1. The zero-order chi connectivity index (χ0) is 33.3. The van der Waals surface area contributed by atoms with Crippen LogP contribution in [0.5, 0.6) is 0 Å². The molecule has 0 saturated heterocycles. The van der Waals surface area contributed by atoms with Crippen molar-refractivity contribution in [3.63, 3.8) is 0 Å². The van der Waals surface area contributed by atoms with Gasteiger partial charge in [0.15, 0.2) is 15.3 Å². The van der Waals surface area contributed by atoms with Crippen molar-refractivity contribution in [2.45, 2.75) is 36.0 Å². The first-order valence-corrected chi connectivity index (χ1v) is 17.5. The lowest BCUT2D eigenvalue weighted by Gasteiger charge is -2.32. The van der Waals surface area contributed by atoms with Crippen LogP contribution in [0.15, 0.2) is 98.5 Å². The number of halogens is 2. The molecule has 1 unspecified atom stereocenters. The van der Waals surface area contributed by atoms with E-state index in [9.17, 15) is 9.59 Å². The average molecular weight is 712 g/mol. The van der Waals surface area contributed by atoms with E-state index in [1.807, 2.05) is 62.4 Å². The van der Waals surface area contributed by atoms with Crippen LogP contribution in [0.3, 0.4) is 0 Å². The van der Waals surface area contributed by atoms with Crippen molar-refractivity contribution >= 4 is 79.9 Å². The van der Waals surface area contributed by atoms with Gasteiger partial charge in [0.05, 0.1) is 23.2 Å². The molecule has 0 saturated carbocycles. The molecule has 0 radical (unpaired) electrons. The SMILES string of the molecule is Cc1cc2oc3c(c(=O)c2cc1C)C1(C(=O)N(Cc2ccc(Cl)cc2)c2ccccc21)N(c1nnc(SCc2ccccc2Cl)s1)C3=O. The number of anilines is 2. The Kier molecular flexibility index (Phi) is 7.44. The Bertz CT molecular complexity index is 2380. The number of carbonyl (C=O) groups excluding carboxylic acids is 2. The van der Waals surface area contributed by atoms with E-state index in [0.717, 1.165) is 33.6 Å². The Hall–Kier alpha value is -4.48. The van der Waals surface area contributed by atoms with Gasteiger partial charge in [-0.3, -0.25) is 19.3 Å². The van der Waals surface area contributed by atoms with Crippen molar-refractivity contribution in [3.05, 3.63) is 144 Å². The molecule has 0 fully saturated rings. The van der Waals surface area contributed by atoms with Crippen LogP contribution in [0.2, 0.25) is 10.0 Å². The molecule has 4 heterocycles. The number of aryl methyl sites for hydroxylation is 2. The van der Waals surface area contributed by atoms with E-state index in [2.05, 4.69) is 10.2 Å². The molecule has 2 aliphatic heterocycles. The lowest BCUT2D eigenvalue weighted by atomic mass is 9.84. The summed E-state index contributed by atoms with van der Waals surface area (Å²) in [6, 6.07) is 25.5. The number of benzene rings is 4. The molecule has 2 amide bonds. The predicted octanol–water partition coefficient (Wildman–Crippen LogP) is 8.31. The maximum atomic E-state index is 15.2. The summed E-state index contributed by atoms with van der Waals surface area (Å²) in [5.74, 6) is -0.777. The zero-order valence-electron chi connectivity index (χ0n) is 25.5. The monoisotopic (exact) mass is 710 g/mol. The summed E-state index contributed by atoms with van der Waals surface area (Å²) in [5.41, 5.74) is 2.50. The van der Waals surface area contributed by atoms with Gasteiger partial charge in [-0.15, -0.1) is 10.2 Å². The van der Waals surface area contributed by atoms with Gasteiger partial charge in [-0.25, -0.2) is 0 Å². The standard InChI is InChI=1S/C36H24Cl2N4O4S2/c1-19-15-24-28(16-20(19)2)46-31-29(30(24)43)36(25-8-4-6-10-27(25)41(33(36)45)17-21-11-13-23(37)14-12-21)42(32(31)44)34-39-40-35(48-34)47-18-22-7-3-5-9-26(22)38/h3-16H,17-18H2,1-2H3. The average Bonchev–Trinajstić information content (AvgIpc) is 3.72. The molecule has 12 heteroatoms. The van der Waals surface area contributed by atoms with Crippen LogP contribution >= 0.6 is 46.3 Å².